The molecule has 0 spiro atoms. The molecular formula is C19H17ClN2O5. The molecule has 0 aliphatic rings. The van der Waals surface area contributed by atoms with Crippen LogP contribution in [0.5, 0.6) is 0 Å². The molecule has 3 aromatic rings. The molecule has 7 nitrogen and oxygen atoms in total. The number of rotatable bonds is 6. The number of hydrogen-bond donors (Lipinski definition) is 1. The fraction of sp³-hybridized carbons (Fsp3) is 0.211. The average molecular weight is 389 g/mol. The molecule has 0 radical (unpaired) electrons. The van der Waals surface area contributed by atoms with Crippen LogP contribution in [-0.2, 0) is 20.9 Å². The number of nitrogens with one attached hydrogen (secondary N) is 1. The Morgan fingerprint density at radius 2 is 1.89 bits per heavy atom. The number of hydrogen-bond acceptors (Lipinski definition) is 5. The number of nitrogens with zero attached hydrogens (tertiary/aromatic N) is 1. The van der Waals surface area contributed by atoms with Crippen molar-refractivity contribution in [2.45, 2.75) is 19.0 Å². The molecule has 3 rings (SSSR count). The van der Waals surface area contributed by atoms with Gasteiger partial charge in [-0.15, -0.1) is 0 Å². The first kappa shape index (κ1) is 18.7. The van der Waals surface area contributed by atoms with Crippen molar-refractivity contribution in [2.75, 3.05) is 7.11 Å². The van der Waals surface area contributed by atoms with E-state index < -0.39 is 23.7 Å². The summed E-state index contributed by atoms with van der Waals surface area (Å²) in [5.74, 6) is -1.59. The Hall–Kier alpha value is -3.06. The number of esters is 1. The van der Waals surface area contributed by atoms with Gasteiger partial charge in [0.25, 0.3) is 0 Å². The van der Waals surface area contributed by atoms with E-state index in [-0.39, 0.29) is 13.0 Å². The smallest absolute Gasteiger partial charge is 0.420 e. The number of amides is 1. The van der Waals surface area contributed by atoms with Crippen molar-refractivity contribution in [1.29, 1.82) is 0 Å². The summed E-state index contributed by atoms with van der Waals surface area (Å²) in [7, 11) is 1.27. The Kier molecular flexibility index (Phi) is 5.61. The van der Waals surface area contributed by atoms with Crippen molar-refractivity contribution in [3.8, 4) is 0 Å². The number of benzene rings is 2. The molecular weight excluding hydrogens is 372 g/mol. The van der Waals surface area contributed by atoms with Crippen LogP contribution in [-0.4, -0.2) is 23.6 Å². The minimum absolute atomic E-state index is 0.0903. The van der Waals surface area contributed by atoms with Gasteiger partial charge < -0.3 is 14.5 Å². The molecule has 140 valence electrons. The number of halogens is 1. The van der Waals surface area contributed by atoms with E-state index >= 15 is 0 Å². The summed E-state index contributed by atoms with van der Waals surface area (Å²) in [5.41, 5.74) is 1.50. The first-order valence-electron chi connectivity index (χ1n) is 8.18. The first-order chi connectivity index (χ1) is 13.0. The van der Waals surface area contributed by atoms with Gasteiger partial charge in [-0.25, -0.2) is 4.79 Å². The summed E-state index contributed by atoms with van der Waals surface area (Å²) in [4.78, 5) is 36.3. The topological polar surface area (TPSA) is 90.5 Å². The van der Waals surface area contributed by atoms with E-state index in [4.69, 9.17) is 20.8 Å². The summed E-state index contributed by atoms with van der Waals surface area (Å²) in [6.07, 6.45) is -0.0903. The molecule has 0 saturated heterocycles. The average Bonchev–Trinajstić information content (AvgIpc) is 2.97. The van der Waals surface area contributed by atoms with Gasteiger partial charge in [-0.2, -0.15) is 0 Å². The molecule has 0 saturated carbocycles. The number of carbonyl (C=O) groups excluding carboxylic acids is 2. The lowest BCUT2D eigenvalue weighted by molar-refractivity contribution is -0.141. The number of para-hydroxylation sites is 2. The molecule has 1 atom stereocenters. The zero-order valence-electron chi connectivity index (χ0n) is 14.5. The predicted molar refractivity (Wildman–Crippen MR) is 99.4 cm³/mol. The third kappa shape index (κ3) is 4.20. The lowest BCUT2D eigenvalue weighted by Crippen LogP contribution is -2.35. The van der Waals surface area contributed by atoms with Crippen LogP contribution in [0.2, 0.25) is 5.02 Å². The lowest BCUT2D eigenvalue weighted by atomic mass is 10.0. The molecule has 0 fully saturated rings. The van der Waals surface area contributed by atoms with E-state index in [1.807, 2.05) is 0 Å². The molecule has 1 N–H and O–H groups in total. The van der Waals surface area contributed by atoms with Crippen LogP contribution in [0.1, 0.15) is 18.0 Å². The number of oxazole rings is 1. The fourth-order valence-corrected chi connectivity index (χ4v) is 3.06. The van der Waals surface area contributed by atoms with Crippen molar-refractivity contribution in [3.63, 3.8) is 0 Å². The van der Waals surface area contributed by atoms with Crippen LogP contribution in [0.3, 0.4) is 0 Å². The predicted octanol–water partition coefficient (Wildman–Crippen LogP) is 2.67. The highest BCUT2D eigenvalue weighted by atomic mass is 35.5. The fourth-order valence-electron chi connectivity index (χ4n) is 2.79. The summed E-state index contributed by atoms with van der Waals surface area (Å²) >= 11 is 6.20. The maximum Gasteiger partial charge on any atom is 0.420 e. The highest BCUT2D eigenvalue weighted by Gasteiger charge is 2.22. The highest BCUT2D eigenvalue weighted by molar-refractivity contribution is 6.31. The van der Waals surface area contributed by atoms with E-state index in [1.165, 1.54) is 11.7 Å². The second-order valence-electron chi connectivity index (χ2n) is 5.84. The normalized spacial score (nSPS) is 11.9. The zero-order chi connectivity index (χ0) is 19.4. The van der Waals surface area contributed by atoms with Crippen LogP contribution in [0.25, 0.3) is 11.1 Å². The number of fused-ring (bicyclic) bond motifs is 1. The monoisotopic (exact) mass is 388 g/mol. The zero-order valence-corrected chi connectivity index (χ0v) is 15.2. The van der Waals surface area contributed by atoms with Gasteiger partial charge in [0.1, 0.15) is 6.54 Å². The van der Waals surface area contributed by atoms with Gasteiger partial charge in [-0.3, -0.25) is 14.2 Å². The molecule has 2 aromatic carbocycles. The van der Waals surface area contributed by atoms with Crippen LogP contribution in [0.4, 0.5) is 0 Å². The maximum atomic E-state index is 12.6. The number of ether oxygens (including phenoxy) is 1. The van der Waals surface area contributed by atoms with E-state index in [9.17, 15) is 14.4 Å². The van der Waals surface area contributed by atoms with Gasteiger partial charge in [0.15, 0.2) is 5.58 Å². The third-order valence-electron chi connectivity index (χ3n) is 4.09. The molecule has 8 heteroatoms. The molecule has 0 aliphatic heterocycles. The molecule has 1 aromatic heterocycles. The van der Waals surface area contributed by atoms with Gasteiger partial charge >= 0.3 is 11.7 Å². The van der Waals surface area contributed by atoms with E-state index in [2.05, 4.69) is 5.32 Å². The number of aromatic nitrogens is 1. The Bertz CT molecular complexity index is 1040. The van der Waals surface area contributed by atoms with Crippen molar-refractivity contribution < 1.29 is 18.7 Å². The Morgan fingerprint density at radius 1 is 1.19 bits per heavy atom. The second-order valence-corrected chi connectivity index (χ2v) is 6.25. The summed E-state index contributed by atoms with van der Waals surface area (Å²) in [5, 5.41) is 3.16. The van der Waals surface area contributed by atoms with Crippen molar-refractivity contribution in [1.82, 2.24) is 9.88 Å². The minimum Gasteiger partial charge on any atom is -0.469 e. The molecule has 1 unspecified atom stereocenters. The Balaban J connectivity index is 1.84. The van der Waals surface area contributed by atoms with E-state index in [0.29, 0.717) is 21.7 Å². The minimum atomic E-state index is -0.687. The van der Waals surface area contributed by atoms with Gasteiger partial charge in [0, 0.05) is 5.02 Å². The van der Waals surface area contributed by atoms with E-state index in [1.54, 1.807) is 48.5 Å². The highest BCUT2D eigenvalue weighted by Crippen LogP contribution is 2.25. The molecule has 1 heterocycles. The SMILES string of the molecule is COC(=O)CC(NC(=O)Cn1c(=O)oc2ccccc21)c1ccccc1Cl. The largest absolute Gasteiger partial charge is 0.469 e. The maximum absolute atomic E-state index is 12.6. The van der Waals surface area contributed by atoms with Crippen LogP contribution < -0.4 is 11.1 Å². The molecule has 1 amide bonds. The standard InChI is InChI=1S/C19H17ClN2O5/c1-26-18(24)10-14(12-6-2-3-7-13(12)20)21-17(23)11-22-15-8-4-5-9-16(15)27-19(22)25/h2-9,14H,10-11H2,1H3,(H,21,23). The van der Waals surface area contributed by atoms with Crippen LogP contribution >= 0.6 is 11.6 Å². The molecule has 27 heavy (non-hydrogen) atoms. The summed E-state index contributed by atoms with van der Waals surface area (Å²) in [6, 6.07) is 13.0. The summed E-state index contributed by atoms with van der Waals surface area (Å²) < 4.78 is 11.1. The first-order valence-corrected chi connectivity index (χ1v) is 8.56. The summed E-state index contributed by atoms with van der Waals surface area (Å²) in [6.45, 7) is -0.252. The van der Waals surface area contributed by atoms with E-state index in [0.717, 1.165) is 0 Å². The third-order valence-corrected chi connectivity index (χ3v) is 4.43. The van der Waals surface area contributed by atoms with Crippen molar-refractivity contribution >= 4 is 34.6 Å². The van der Waals surface area contributed by atoms with Gasteiger partial charge in [0.05, 0.1) is 25.1 Å². The lowest BCUT2D eigenvalue weighted by Gasteiger charge is -2.19. The van der Waals surface area contributed by atoms with Crippen molar-refractivity contribution in [2.24, 2.45) is 0 Å². The molecule has 0 aliphatic carbocycles. The van der Waals surface area contributed by atoms with Crippen molar-refractivity contribution in [3.05, 3.63) is 69.7 Å². The Morgan fingerprint density at radius 3 is 2.63 bits per heavy atom. The van der Waals surface area contributed by atoms with Crippen LogP contribution in [0.15, 0.2) is 57.7 Å². The molecule has 0 bridgehead atoms. The number of methoxy groups -OCH3 is 1. The van der Waals surface area contributed by atoms with Gasteiger partial charge in [0.2, 0.25) is 5.91 Å². The van der Waals surface area contributed by atoms with Gasteiger partial charge in [-0.05, 0) is 23.8 Å². The second kappa shape index (κ2) is 8.09. The number of carbonyl (C=O) groups is 2. The van der Waals surface area contributed by atoms with Gasteiger partial charge in [-0.1, -0.05) is 41.9 Å². The van der Waals surface area contributed by atoms with Crippen LogP contribution in [0, 0.1) is 0 Å². The Labute approximate surface area is 159 Å². The quantitative estimate of drug-likeness (QED) is 0.655.